The van der Waals surface area contributed by atoms with E-state index in [4.69, 9.17) is 4.74 Å². The van der Waals surface area contributed by atoms with Crippen LogP contribution in [-0.2, 0) is 6.54 Å². The average molecular weight is 382 g/mol. The third kappa shape index (κ3) is 5.08. The topological polar surface area (TPSA) is 63.2 Å². The lowest BCUT2D eigenvalue weighted by molar-refractivity contribution is 0.0946. The number of benzene rings is 2. The zero-order valence-corrected chi connectivity index (χ0v) is 16.5. The van der Waals surface area contributed by atoms with E-state index in [9.17, 15) is 4.79 Å². The SMILES string of the molecule is CCOc1ccc(CNC(=O)c2csc(Nc3ccc(C)cc3C)n2)cc1. The molecule has 0 saturated carbocycles. The molecule has 5 nitrogen and oxygen atoms in total. The summed E-state index contributed by atoms with van der Waals surface area (Å²) >= 11 is 1.42. The zero-order chi connectivity index (χ0) is 19.2. The number of anilines is 2. The highest BCUT2D eigenvalue weighted by Crippen LogP contribution is 2.24. The predicted molar refractivity (Wildman–Crippen MR) is 110 cm³/mol. The molecular weight excluding hydrogens is 358 g/mol. The molecule has 3 rings (SSSR count). The average Bonchev–Trinajstić information content (AvgIpc) is 3.12. The predicted octanol–water partition coefficient (Wildman–Crippen LogP) is 4.83. The van der Waals surface area contributed by atoms with E-state index >= 15 is 0 Å². The van der Waals surface area contributed by atoms with Crippen LogP contribution in [0.15, 0.2) is 47.8 Å². The van der Waals surface area contributed by atoms with Crippen LogP contribution in [0.3, 0.4) is 0 Å². The number of carbonyl (C=O) groups excluding carboxylic acids is 1. The van der Waals surface area contributed by atoms with E-state index in [1.54, 1.807) is 5.38 Å². The van der Waals surface area contributed by atoms with E-state index in [1.807, 2.05) is 50.2 Å². The Bertz CT molecular complexity index is 919. The lowest BCUT2D eigenvalue weighted by Crippen LogP contribution is -2.23. The molecule has 3 aromatic rings. The number of hydrogen-bond donors (Lipinski definition) is 2. The highest BCUT2D eigenvalue weighted by Gasteiger charge is 2.11. The largest absolute Gasteiger partial charge is 0.494 e. The van der Waals surface area contributed by atoms with Crippen molar-refractivity contribution in [2.75, 3.05) is 11.9 Å². The van der Waals surface area contributed by atoms with E-state index < -0.39 is 0 Å². The summed E-state index contributed by atoms with van der Waals surface area (Å²) in [5.41, 5.74) is 4.78. The summed E-state index contributed by atoms with van der Waals surface area (Å²) in [6.45, 7) is 7.15. The van der Waals surface area contributed by atoms with Crippen molar-refractivity contribution >= 4 is 28.1 Å². The summed E-state index contributed by atoms with van der Waals surface area (Å²) in [6.07, 6.45) is 0. The number of nitrogens with one attached hydrogen (secondary N) is 2. The van der Waals surface area contributed by atoms with Gasteiger partial charge in [-0.2, -0.15) is 0 Å². The van der Waals surface area contributed by atoms with Crippen LogP contribution in [0.2, 0.25) is 0 Å². The van der Waals surface area contributed by atoms with Crippen molar-refractivity contribution in [3.8, 4) is 5.75 Å². The highest BCUT2D eigenvalue weighted by atomic mass is 32.1. The normalized spacial score (nSPS) is 10.5. The van der Waals surface area contributed by atoms with E-state index in [1.165, 1.54) is 16.9 Å². The molecule has 1 heterocycles. The summed E-state index contributed by atoms with van der Waals surface area (Å²) in [7, 11) is 0. The Kier molecular flexibility index (Phi) is 6.08. The molecule has 140 valence electrons. The van der Waals surface area contributed by atoms with Crippen LogP contribution in [0.25, 0.3) is 0 Å². The second-order valence-corrected chi connectivity index (χ2v) is 7.10. The smallest absolute Gasteiger partial charge is 0.271 e. The molecular formula is C21H23N3O2S. The third-order valence-electron chi connectivity index (χ3n) is 4.05. The molecule has 2 aromatic carbocycles. The van der Waals surface area contributed by atoms with Crippen molar-refractivity contribution in [3.63, 3.8) is 0 Å². The summed E-state index contributed by atoms with van der Waals surface area (Å²) in [5.74, 6) is 0.642. The minimum atomic E-state index is -0.186. The Labute approximate surface area is 163 Å². The van der Waals surface area contributed by atoms with E-state index in [0.717, 1.165) is 22.6 Å². The molecule has 1 aromatic heterocycles. The van der Waals surface area contributed by atoms with Crippen LogP contribution in [0.4, 0.5) is 10.8 Å². The number of rotatable bonds is 7. The highest BCUT2D eigenvalue weighted by molar-refractivity contribution is 7.14. The molecule has 0 aliphatic heterocycles. The monoisotopic (exact) mass is 381 g/mol. The number of thiazole rings is 1. The Balaban J connectivity index is 1.58. The molecule has 1 amide bonds. The molecule has 0 spiro atoms. The number of aromatic nitrogens is 1. The van der Waals surface area contributed by atoms with Crippen molar-refractivity contribution in [1.82, 2.24) is 10.3 Å². The molecule has 0 fully saturated rings. The van der Waals surface area contributed by atoms with Gasteiger partial charge in [-0.05, 0) is 50.1 Å². The lowest BCUT2D eigenvalue weighted by Gasteiger charge is -2.07. The number of aryl methyl sites for hydroxylation is 2. The minimum absolute atomic E-state index is 0.186. The molecule has 2 N–H and O–H groups in total. The van der Waals surface area contributed by atoms with Crippen molar-refractivity contribution < 1.29 is 9.53 Å². The summed E-state index contributed by atoms with van der Waals surface area (Å²) in [5, 5.41) is 8.64. The van der Waals surface area contributed by atoms with Gasteiger partial charge in [-0.3, -0.25) is 4.79 Å². The summed E-state index contributed by atoms with van der Waals surface area (Å²) < 4.78 is 5.42. The second kappa shape index (κ2) is 8.68. The van der Waals surface area contributed by atoms with Crippen molar-refractivity contribution in [2.45, 2.75) is 27.3 Å². The maximum Gasteiger partial charge on any atom is 0.271 e. The third-order valence-corrected chi connectivity index (χ3v) is 4.81. The summed E-state index contributed by atoms with van der Waals surface area (Å²) in [4.78, 5) is 16.7. The Morgan fingerprint density at radius 3 is 2.63 bits per heavy atom. The van der Waals surface area contributed by atoms with E-state index in [2.05, 4.69) is 28.6 Å². The lowest BCUT2D eigenvalue weighted by atomic mass is 10.1. The van der Waals surface area contributed by atoms with Crippen molar-refractivity contribution in [2.24, 2.45) is 0 Å². The van der Waals surface area contributed by atoms with Gasteiger partial charge in [-0.15, -0.1) is 11.3 Å². The second-order valence-electron chi connectivity index (χ2n) is 6.24. The Hall–Kier alpha value is -2.86. The van der Waals surface area contributed by atoms with Gasteiger partial charge in [0.2, 0.25) is 0 Å². The Morgan fingerprint density at radius 2 is 1.93 bits per heavy atom. The van der Waals surface area contributed by atoms with Gasteiger partial charge in [0.15, 0.2) is 5.13 Å². The first-order valence-electron chi connectivity index (χ1n) is 8.85. The van der Waals surface area contributed by atoms with Gasteiger partial charge in [-0.25, -0.2) is 4.98 Å². The molecule has 0 unspecified atom stereocenters. The molecule has 6 heteroatoms. The number of ether oxygens (including phenoxy) is 1. The standard InChI is InChI=1S/C21H23N3O2S/c1-4-26-17-8-6-16(7-9-17)12-22-20(25)19-13-27-21(24-19)23-18-10-5-14(2)11-15(18)3/h5-11,13H,4,12H2,1-3H3,(H,22,25)(H,23,24). The van der Waals surface area contributed by atoms with Gasteiger partial charge < -0.3 is 15.4 Å². The Morgan fingerprint density at radius 1 is 1.15 bits per heavy atom. The number of hydrogen-bond acceptors (Lipinski definition) is 5. The van der Waals surface area contributed by atoms with Gasteiger partial charge in [0.25, 0.3) is 5.91 Å². The molecule has 0 bridgehead atoms. The van der Waals surface area contributed by atoms with Crippen LogP contribution >= 0.6 is 11.3 Å². The minimum Gasteiger partial charge on any atom is -0.494 e. The molecule has 27 heavy (non-hydrogen) atoms. The fourth-order valence-electron chi connectivity index (χ4n) is 2.65. The number of amides is 1. The fourth-order valence-corrected chi connectivity index (χ4v) is 3.35. The first-order chi connectivity index (χ1) is 13.0. The van der Waals surface area contributed by atoms with Gasteiger partial charge in [0.1, 0.15) is 11.4 Å². The van der Waals surface area contributed by atoms with Gasteiger partial charge in [-0.1, -0.05) is 29.8 Å². The number of nitrogens with zero attached hydrogens (tertiary/aromatic N) is 1. The first kappa shape index (κ1) is 18.9. The summed E-state index contributed by atoms with van der Waals surface area (Å²) in [6, 6.07) is 13.9. The van der Waals surface area contributed by atoms with Crippen LogP contribution in [0.5, 0.6) is 5.75 Å². The fraction of sp³-hybridized carbons (Fsp3) is 0.238. The van der Waals surface area contributed by atoms with Gasteiger partial charge in [0.05, 0.1) is 6.61 Å². The van der Waals surface area contributed by atoms with Crippen LogP contribution < -0.4 is 15.4 Å². The van der Waals surface area contributed by atoms with E-state index in [-0.39, 0.29) is 5.91 Å². The number of carbonyl (C=O) groups is 1. The van der Waals surface area contributed by atoms with Crippen LogP contribution in [0, 0.1) is 13.8 Å². The molecule has 0 atom stereocenters. The quantitative estimate of drug-likeness (QED) is 0.615. The van der Waals surface area contributed by atoms with Gasteiger partial charge in [0, 0.05) is 17.6 Å². The van der Waals surface area contributed by atoms with Crippen molar-refractivity contribution in [3.05, 3.63) is 70.2 Å². The molecule has 0 aliphatic carbocycles. The van der Waals surface area contributed by atoms with Crippen molar-refractivity contribution in [1.29, 1.82) is 0 Å². The molecule has 0 radical (unpaired) electrons. The maximum absolute atomic E-state index is 12.3. The molecule has 0 saturated heterocycles. The van der Waals surface area contributed by atoms with Crippen LogP contribution in [-0.4, -0.2) is 17.5 Å². The first-order valence-corrected chi connectivity index (χ1v) is 9.73. The zero-order valence-electron chi connectivity index (χ0n) is 15.7. The van der Waals surface area contributed by atoms with E-state index in [0.29, 0.717) is 24.0 Å². The molecule has 0 aliphatic rings. The maximum atomic E-state index is 12.3. The van der Waals surface area contributed by atoms with Gasteiger partial charge >= 0.3 is 0 Å². The van der Waals surface area contributed by atoms with Crippen LogP contribution in [0.1, 0.15) is 34.1 Å².